The second kappa shape index (κ2) is 7.95. The van der Waals surface area contributed by atoms with Crippen LogP contribution in [-0.2, 0) is 9.59 Å². The van der Waals surface area contributed by atoms with E-state index in [0.29, 0.717) is 31.9 Å². The van der Waals surface area contributed by atoms with Crippen LogP contribution in [0.5, 0.6) is 0 Å². The van der Waals surface area contributed by atoms with E-state index in [1.54, 1.807) is 11.1 Å². The van der Waals surface area contributed by atoms with Crippen molar-refractivity contribution in [2.24, 2.45) is 0 Å². The number of halogens is 1. The number of amides is 2. The zero-order chi connectivity index (χ0) is 18.5. The van der Waals surface area contributed by atoms with Crippen molar-refractivity contribution >= 4 is 23.3 Å². The van der Waals surface area contributed by atoms with Crippen LogP contribution in [0.2, 0.25) is 0 Å². The highest BCUT2D eigenvalue weighted by molar-refractivity contribution is 5.97. The molecular weight excluding hydrogens is 335 g/mol. The number of aromatic nitrogens is 1. The van der Waals surface area contributed by atoms with E-state index in [2.05, 4.69) is 9.88 Å². The maximum Gasteiger partial charge on any atom is 0.242 e. The maximum atomic E-state index is 13.1. The predicted octanol–water partition coefficient (Wildman–Crippen LogP) is 1.92. The number of rotatable bonds is 4. The smallest absolute Gasteiger partial charge is 0.242 e. The molecule has 0 unspecified atom stereocenters. The van der Waals surface area contributed by atoms with Crippen molar-refractivity contribution in [1.82, 2.24) is 9.88 Å². The molecule has 0 N–H and O–H groups in total. The Kier molecular flexibility index (Phi) is 5.46. The molecule has 2 heterocycles. The van der Waals surface area contributed by atoms with E-state index in [-0.39, 0.29) is 24.2 Å². The topological polar surface area (TPSA) is 56.8 Å². The number of hydrogen-bond acceptors (Lipinski definition) is 4. The van der Waals surface area contributed by atoms with Gasteiger partial charge < -0.3 is 14.7 Å². The first-order valence-corrected chi connectivity index (χ1v) is 8.52. The fraction of sp³-hybridized carbons (Fsp3) is 0.316. The summed E-state index contributed by atoms with van der Waals surface area (Å²) in [4.78, 5) is 34.1. The second-order valence-corrected chi connectivity index (χ2v) is 6.14. The van der Waals surface area contributed by atoms with Crippen molar-refractivity contribution in [3.63, 3.8) is 0 Å². The fourth-order valence-corrected chi connectivity index (χ4v) is 2.97. The van der Waals surface area contributed by atoms with E-state index < -0.39 is 0 Å². The summed E-state index contributed by atoms with van der Waals surface area (Å²) in [5.74, 6) is 0.146. The molecule has 3 rings (SSSR count). The zero-order valence-electron chi connectivity index (χ0n) is 14.6. The fourth-order valence-electron chi connectivity index (χ4n) is 2.97. The summed E-state index contributed by atoms with van der Waals surface area (Å²) >= 11 is 0. The van der Waals surface area contributed by atoms with Crippen LogP contribution in [-0.4, -0.2) is 54.4 Å². The van der Waals surface area contributed by atoms with Crippen molar-refractivity contribution < 1.29 is 14.0 Å². The molecule has 0 saturated carbocycles. The van der Waals surface area contributed by atoms with Crippen molar-refractivity contribution in [3.8, 4) is 0 Å². The monoisotopic (exact) mass is 356 g/mol. The minimum absolute atomic E-state index is 0.0510. The first kappa shape index (κ1) is 17.8. The van der Waals surface area contributed by atoms with Gasteiger partial charge in [0.15, 0.2) is 0 Å². The quantitative estimate of drug-likeness (QED) is 0.840. The van der Waals surface area contributed by atoms with Crippen LogP contribution in [0.25, 0.3) is 0 Å². The number of piperazine rings is 1. The van der Waals surface area contributed by atoms with Gasteiger partial charge in [0, 0.05) is 45.0 Å². The van der Waals surface area contributed by atoms with Gasteiger partial charge in [-0.25, -0.2) is 9.37 Å². The summed E-state index contributed by atoms with van der Waals surface area (Å²) in [7, 11) is 0. The van der Waals surface area contributed by atoms with Crippen LogP contribution in [0.4, 0.5) is 15.9 Å². The Morgan fingerprint density at radius 1 is 1.08 bits per heavy atom. The van der Waals surface area contributed by atoms with Crippen LogP contribution in [0.15, 0.2) is 48.7 Å². The molecule has 0 spiro atoms. The van der Waals surface area contributed by atoms with Crippen molar-refractivity contribution in [3.05, 3.63) is 54.5 Å². The minimum Gasteiger partial charge on any atom is -0.353 e. The number of benzene rings is 1. The maximum absolute atomic E-state index is 13.1. The molecule has 6 nitrogen and oxygen atoms in total. The minimum atomic E-state index is -0.380. The molecule has 136 valence electrons. The van der Waals surface area contributed by atoms with Crippen molar-refractivity contribution in [1.29, 1.82) is 0 Å². The van der Waals surface area contributed by atoms with Gasteiger partial charge in [0.05, 0.1) is 0 Å². The molecule has 1 aliphatic heterocycles. The van der Waals surface area contributed by atoms with E-state index in [4.69, 9.17) is 0 Å². The van der Waals surface area contributed by atoms with Crippen LogP contribution >= 0.6 is 0 Å². The van der Waals surface area contributed by atoms with Gasteiger partial charge in [-0.05, 0) is 36.4 Å². The highest BCUT2D eigenvalue weighted by atomic mass is 19.1. The number of anilines is 2. The van der Waals surface area contributed by atoms with Crippen molar-refractivity contribution in [2.75, 3.05) is 42.5 Å². The Morgan fingerprint density at radius 3 is 2.35 bits per heavy atom. The number of pyridine rings is 1. The number of nitrogens with zero attached hydrogens (tertiary/aromatic N) is 4. The Morgan fingerprint density at radius 2 is 1.77 bits per heavy atom. The van der Waals surface area contributed by atoms with E-state index in [1.807, 2.05) is 18.2 Å². The average molecular weight is 356 g/mol. The van der Waals surface area contributed by atoms with Gasteiger partial charge in [-0.15, -0.1) is 0 Å². The molecule has 2 aromatic rings. The molecule has 0 atom stereocenters. The first-order valence-electron chi connectivity index (χ1n) is 8.52. The Balaban J connectivity index is 1.60. The van der Waals surface area contributed by atoms with Gasteiger partial charge in [-0.3, -0.25) is 9.59 Å². The van der Waals surface area contributed by atoms with E-state index in [9.17, 15) is 14.0 Å². The highest BCUT2D eigenvalue weighted by Gasteiger charge is 2.24. The van der Waals surface area contributed by atoms with Gasteiger partial charge in [-0.1, -0.05) is 6.07 Å². The molecular formula is C19H21FN4O2. The zero-order valence-corrected chi connectivity index (χ0v) is 14.6. The third-order valence-electron chi connectivity index (χ3n) is 4.42. The Labute approximate surface area is 151 Å². The average Bonchev–Trinajstić information content (AvgIpc) is 2.67. The van der Waals surface area contributed by atoms with Gasteiger partial charge in [0.2, 0.25) is 11.8 Å². The molecule has 1 aromatic heterocycles. The second-order valence-electron chi connectivity index (χ2n) is 6.14. The van der Waals surface area contributed by atoms with E-state index in [0.717, 1.165) is 5.82 Å². The Hall–Kier alpha value is -2.96. The lowest BCUT2D eigenvalue weighted by molar-refractivity contribution is -0.131. The third-order valence-corrected chi connectivity index (χ3v) is 4.42. The largest absolute Gasteiger partial charge is 0.353 e. The molecule has 0 radical (unpaired) electrons. The lowest BCUT2D eigenvalue weighted by Gasteiger charge is -2.36. The van der Waals surface area contributed by atoms with Gasteiger partial charge in [-0.2, -0.15) is 0 Å². The Bertz CT molecular complexity index is 759. The van der Waals surface area contributed by atoms with E-state index in [1.165, 1.54) is 36.1 Å². The normalized spacial score (nSPS) is 14.2. The molecule has 1 aliphatic rings. The molecule has 1 aromatic carbocycles. The number of carbonyl (C=O) groups is 2. The van der Waals surface area contributed by atoms with Crippen LogP contribution in [0, 0.1) is 5.82 Å². The summed E-state index contributed by atoms with van der Waals surface area (Å²) in [6.07, 6.45) is 1.75. The number of hydrogen-bond donors (Lipinski definition) is 0. The SMILES string of the molecule is CC(=O)N(CC(=O)N1CCN(c2ccccn2)CC1)c1ccc(F)cc1. The molecule has 1 saturated heterocycles. The third kappa shape index (κ3) is 4.17. The summed E-state index contributed by atoms with van der Waals surface area (Å²) < 4.78 is 13.1. The molecule has 1 fully saturated rings. The summed E-state index contributed by atoms with van der Waals surface area (Å²) in [5.41, 5.74) is 0.513. The van der Waals surface area contributed by atoms with Crippen molar-refractivity contribution in [2.45, 2.75) is 6.92 Å². The van der Waals surface area contributed by atoms with E-state index >= 15 is 0 Å². The van der Waals surface area contributed by atoms with Gasteiger partial charge in [0.1, 0.15) is 18.2 Å². The molecule has 0 aliphatic carbocycles. The molecule has 7 heteroatoms. The highest BCUT2D eigenvalue weighted by Crippen LogP contribution is 2.17. The standard InChI is InChI=1S/C19H21FN4O2/c1-15(25)24(17-7-5-16(20)6-8-17)14-19(26)23-12-10-22(11-13-23)18-4-2-3-9-21-18/h2-9H,10-14H2,1H3. The molecule has 26 heavy (non-hydrogen) atoms. The first-order chi connectivity index (χ1) is 12.5. The van der Waals surface area contributed by atoms with Gasteiger partial charge >= 0.3 is 0 Å². The molecule has 0 bridgehead atoms. The van der Waals surface area contributed by atoms with Gasteiger partial charge in [0.25, 0.3) is 0 Å². The van der Waals surface area contributed by atoms with Crippen LogP contribution in [0.3, 0.4) is 0 Å². The number of carbonyl (C=O) groups excluding carboxylic acids is 2. The van der Waals surface area contributed by atoms with Crippen LogP contribution in [0.1, 0.15) is 6.92 Å². The lowest BCUT2D eigenvalue weighted by Crippen LogP contribution is -2.52. The van der Waals surface area contributed by atoms with Crippen LogP contribution < -0.4 is 9.80 Å². The summed E-state index contributed by atoms with van der Waals surface area (Å²) in [6.45, 7) is 3.88. The predicted molar refractivity (Wildman–Crippen MR) is 97.5 cm³/mol. The summed E-state index contributed by atoms with van der Waals surface area (Å²) in [5, 5.41) is 0. The summed E-state index contributed by atoms with van der Waals surface area (Å²) in [6, 6.07) is 11.3. The molecule has 2 amide bonds. The lowest BCUT2D eigenvalue weighted by atomic mass is 10.2.